The molecule has 2 rings (SSSR count). The van der Waals surface area contributed by atoms with Crippen LogP contribution in [-0.4, -0.2) is 25.0 Å². The number of hydrogen-bond donors (Lipinski definition) is 2. The molecule has 1 unspecified atom stereocenters. The molecule has 1 heterocycles. The van der Waals surface area contributed by atoms with E-state index in [9.17, 15) is 4.79 Å². The van der Waals surface area contributed by atoms with Crippen molar-refractivity contribution in [1.82, 2.24) is 5.32 Å². The first-order chi connectivity index (χ1) is 8.60. The molecule has 0 spiro atoms. The van der Waals surface area contributed by atoms with E-state index in [0.717, 1.165) is 30.8 Å². The van der Waals surface area contributed by atoms with E-state index in [4.69, 9.17) is 5.73 Å². The first-order valence-electron chi connectivity index (χ1n) is 6.53. The third-order valence-electron chi connectivity index (χ3n) is 3.45. The molecule has 1 aromatic carbocycles. The minimum absolute atomic E-state index is 0.0917. The van der Waals surface area contributed by atoms with Gasteiger partial charge in [-0.3, -0.25) is 4.79 Å². The Labute approximate surface area is 108 Å². The number of amides is 1. The predicted molar refractivity (Wildman–Crippen MR) is 74.7 cm³/mol. The molecule has 98 valence electrons. The summed E-state index contributed by atoms with van der Waals surface area (Å²) in [7, 11) is 0. The second-order valence-corrected chi connectivity index (χ2v) is 4.94. The zero-order chi connectivity index (χ0) is 13.1. The summed E-state index contributed by atoms with van der Waals surface area (Å²) in [5, 5.41) is 2.99. The number of carbonyl (C=O) groups excluding carboxylic acids is 1. The molecular formula is C14H21N3O. The highest BCUT2D eigenvalue weighted by Crippen LogP contribution is 2.29. The highest BCUT2D eigenvalue weighted by molar-refractivity contribution is 5.82. The van der Waals surface area contributed by atoms with Crippen LogP contribution < -0.4 is 16.0 Å². The summed E-state index contributed by atoms with van der Waals surface area (Å²) >= 11 is 0. The summed E-state index contributed by atoms with van der Waals surface area (Å²) < 4.78 is 0. The molecule has 1 atom stereocenters. The van der Waals surface area contributed by atoms with Gasteiger partial charge in [-0.15, -0.1) is 0 Å². The lowest BCUT2D eigenvalue weighted by Gasteiger charge is -2.20. The Kier molecular flexibility index (Phi) is 3.75. The summed E-state index contributed by atoms with van der Waals surface area (Å²) in [5.41, 5.74) is 8.94. The maximum Gasteiger partial charge on any atom is 0.239 e. The minimum Gasteiger partial charge on any atom is -0.399 e. The molecule has 0 aromatic heterocycles. The van der Waals surface area contributed by atoms with Gasteiger partial charge in [0.1, 0.15) is 0 Å². The molecule has 18 heavy (non-hydrogen) atoms. The molecule has 1 aliphatic rings. The molecule has 0 saturated carbocycles. The largest absolute Gasteiger partial charge is 0.399 e. The maximum atomic E-state index is 11.9. The molecule has 3 N–H and O–H groups in total. The van der Waals surface area contributed by atoms with E-state index in [1.807, 2.05) is 25.1 Å². The zero-order valence-electron chi connectivity index (χ0n) is 11.1. The van der Waals surface area contributed by atoms with Crippen molar-refractivity contribution < 1.29 is 4.79 Å². The molecule has 1 aromatic rings. The number of nitrogens with two attached hydrogens (primary N) is 1. The topological polar surface area (TPSA) is 58.4 Å². The van der Waals surface area contributed by atoms with Gasteiger partial charge in [0.2, 0.25) is 5.91 Å². The predicted octanol–water partition coefficient (Wildman–Crippen LogP) is 1.55. The van der Waals surface area contributed by atoms with Crippen molar-refractivity contribution in [2.45, 2.75) is 32.7 Å². The van der Waals surface area contributed by atoms with Crippen LogP contribution >= 0.6 is 0 Å². The average Bonchev–Trinajstić information content (AvgIpc) is 2.71. The van der Waals surface area contributed by atoms with E-state index in [0.29, 0.717) is 6.54 Å². The standard InChI is InChI=1S/C14H21N3O/c1-3-10(2)16-14(18)9-17-7-6-11-8-12(15)4-5-13(11)17/h4-5,8,10H,3,6-7,9,15H2,1-2H3,(H,16,18). The number of carbonyl (C=O) groups is 1. The lowest BCUT2D eigenvalue weighted by molar-refractivity contribution is -0.120. The van der Waals surface area contributed by atoms with Crippen LogP contribution in [0, 0.1) is 0 Å². The smallest absolute Gasteiger partial charge is 0.239 e. The molecule has 4 heteroatoms. The number of nitrogens with zero attached hydrogens (tertiary/aromatic N) is 1. The number of benzene rings is 1. The Morgan fingerprint density at radius 3 is 3.06 bits per heavy atom. The van der Waals surface area contributed by atoms with Crippen LogP contribution in [0.1, 0.15) is 25.8 Å². The highest BCUT2D eigenvalue weighted by Gasteiger charge is 2.21. The fraction of sp³-hybridized carbons (Fsp3) is 0.500. The van der Waals surface area contributed by atoms with Gasteiger partial charge in [0.25, 0.3) is 0 Å². The maximum absolute atomic E-state index is 11.9. The molecular weight excluding hydrogens is 226 g/mol. The zero-order valence-corrected chi connectivity index (χ0v) is 11.1. The molecule has 1 amide bonds. The van der Waals surface area contributed by atoms with E-state index in [1.165, 1.54) is 5.56 Å². The quantitative estimate of drug-likeness (QED) is 0.794. The average molecular weight is 247 g/mol. The number of hydrogen-bond acceptors (Lipinski definition) is 3. The van der Waals surface area contributed by atoms with Gasteiger partial charge >= 0.3 is 0 Å². The molecule has 0 bridgehead atoms. The number of nitrogens with one attached hydrogen (secondary N) is 1. The van der Waals surface area contributed by atoms with Gasteiger partial charge < -0.3 is 16.0 Å². The molecule has 0 fully saturated rings. The van der Waals surface area contributed by atoms with E-state index >= 15 is 0 Å². The third-order valence-corrected chi connectivity index (χ3v) is 3.45. The van der Waals surface area contributed by atoms with Gasteiger partial charge in [0.05, 0.1) is 6.54 Å². The van der Waals surface area contributed by atoms with Gasteiger partial charge in [-0.05, 0) is 43.5 Å². The fourth-order valence-corrected chi connectivity index (χ4v) is 2.25. The van der Waals surface area contributed by atoms with Crippen molar-refractivity contribution in [2.75, 3.05) is 23.7 Å². The van der Waals surface area contributed by atoms with Crippen LogP contribution in [0.2, 0.25) is 0 Å². The first kappa shape index (κ1) is 12.7. The summed E-state index contributed by atoms with van der Waals surface area (Å²) in [5.74, 6) is 0.0917. The lowest BCUT2D eigenvalue weighted by atomic mass is 10.1. The Morgan fingerprint density at radius 1 is 1.56 bits per heavy atom. The molecule has 0 aliphatic carbocycles. The van der Waals surface area contributed by atoms with Crippen LogP contribution in [0.5, 0.6) is 0 Å². The number of nitrogen functional groups attached to an aromatic ring is 1. The number of anilines is 2. The van der Waals surface area contributed by atoms with Gasteiger partial charge in [-0.25, -0.2) is 0 Å². The fourth-order valence-electron chi connectivity index (χ4n) is 2.25. The summed E-state index contributed by atoms with van der Waals surface area (Å²) in [4.78, 5) is 14.0. The Bertz CT molecular complexity index is 445. The van der Waals surface area contributed by atoms with Crippen molar-refractivity contribution >= 4 is 17.3 Å². The second-order valence-electron chi connectivity index (χ2n) is 4.94. The summed E-state index contributed by atoms with van der Waals surface area (Å²) in [6.45, 7) is 5.42. The van der Waals surface area contributed by atoms with Crippen LogP contribution in [0.25, 0.3) is 0 Å². The first-order valence-corrected chi connectivity index (χ1v) is 6.53. The Hall–Kier alpha value is -1.71. The van der Waals surface area contributed by atoms with Crippen LogP contribution in [0.15, 0.2) is 18.2 Å². The molecule has 4 nitrogen and oxygen atoms in total. The van der Waals surface area contributed by atoms with Crippen molar-refractivity contribution in [3.05, 3.63) is 23.8 Å². The van der Waals surface area contributed by atoms with E-state index in [-0.39, 0.29) is 11.9 Å². The molecule has 1 aliphatic heterocycles. The number of fused-ring (bicyclic) bond motifs is 1. The summed E-state index contributed by atoms with van der Waals surface area (Å²) in [6.07, 6.45) is 1.93. The van der Waals surface area contributed by atoms with Gasteiger partial charge in [-0.2, -0.15) is 0 Å². The number of rotatable bonds is 4. The Balaban J connectivity index is 1.99. The van der Waals surface area contributed by atoms with Crippen LogP contribution in [-0.2, 0) is 11.2 Å². The Morgan fingerprint density at radius 2 is 2.33 bits per heavy atom. The lowest BCUT2D eigenvalue weighted by Crippen LogP contribution is -2.40. The van der Waals surface area contributed by atoms with Gasteiger partial charge in [-0.1, -0.05) is 6.92 Å². The van der Waals surface area contributed by atoms with Crippen molar-refractivity contribution in [3.8, 4) is 0 Å². The molecule has 0 radical (unpaired) electrons. The minimum atomic E-state index is 0.0917. The summed E-state index contributed by atoms with van der Waals surface area (Å²) in [6, 6.07) is 6.14. The van der Waals surface area contributed by atoms with Crippen LogP contribution in [0.4, 0.5) is 11.4 Å². The van der Waals surface area contributed by atoms with E-state index in [1.54, 1.807) is 0 Å². The SMILES string of the molecule is CCC(C)NC(=O)CN1CCc2cc(N)ccc21. The highest BCUT2D eigenvalue weighted by atomic mass is 16.2. The van der Waals surface area contributed by atoms with Crippen molar-refractivity contribution in [1.29, 1.82) is 0 Å². The van der Waals surface area contributed by atoms with Crippen molar-refractivity contribution in [2.24, 2.45) is 0 Å². The van der Waals surface area contributed by atoms with E-state index in [2.05, 4.69) is 17.1 Å². The monoisotopic (exact) mass is 247 g/mol. The van der Waals surface area contributed by atoms with Gasteiger partial charge in [0, 0.05) is 24.0 Å². The van der Waals surface area contributed by atoms with Crippen LogP contribution in [0.3, 0.4) is 0 Å². The van der Waals surface area contributed by atoms with Crippen molar-refractivity contribution in [3.63, 3.8) is 0 Å². The normalized spacial score (nSPS) is 15.3. The second kappa shape index (κ2) is 5.29. The van der Waals surface area contributed by atoms with E-state index < -0.39 is 0 Å². The third kappa shape index (κ3) is 2.75. The molecule has 0 saturated heterocycles. The van der Waals surface area contributed by atoms with Gasteiger partial charge in [0.15, 0.2) is 0 Å².